The summed E-state index contributed by atoms with van der Waals surface area (Å²) in [6.07, 6.45) is 2.22. The topological polar surface area (TPSA) is 82.3 Å². The van der Waals surface area contributed by atoms with Gasteiger partial charge in [-0.1, -0.05) is 12.1 Å². The van der Waals surface area contributed by atoms with Gasteiger partial charge >= 0.3 is 0 Å². The minimum Gasteiger partial charge on any atom is -0.479 e. The zero-order valence-electron chi connectivity index (χ0n) is 11.3. The quantitative estimate of drug-likeness (QED) is 0.777. The Labute approximate surface area is 118 Å². The van der Waals surface area contributed by atoms with Crippen LogP contribution >= 0.6 is 0 Å². The molecule has 5 nitrogen and oxygen atoms in total. The lowest BCUT2D eigenvalue weighted by Gasteiger charge is -2.12. The monoisotopic (exact) mass is 274 g/mol. The first-order chi connectivity index (χ1) is 9.67. The van der Waals surface area contributed by atoms with Gasteiger partial charge in [0.1, 0.15) is 11.8 Å². The van der Waals surface area contributed by atoms with E-state index in [1.54, 1.807) is 18.2 Å². The van der Waals surface area contributed by atoms with Gasteiger partial charge in [0.25, 0.3) is 0 Å². The molecule has 1 aliphatic rings. The fourth-order valence-electron chi connectivity index (χ4n) is 1.96. The van der Waals surface area contributed by atoms with Gasteiger partial charge in [-0.15, -0.1) is 0 Å². The van der Waals surface area contributed by atoms with Crippen LogP contribution in [0.5, 0.6) is 5.75 Å². The van der Waals surface area contributed by atoms with Crippen molar-refractivity contribution in [2.75, 3.05) is 19.8 Å². The maximum absolute atomic E-state index is 11.8. The third-order valence-electron chi connectivity index (χ3n) is 3.52. The first-order valence-corrected chi connectivity index (χ1v) is 6.64. The number of benzene rings is 1. The highest BCUT2D eigenvalue weighted by molar-refractivity contribution is 5.78. The van der Waals surface area contributed by atoms with Crippen LogP contribution in [0, 0.1) is 16.7 Å². The number of rotatable bonds is 7. The number of carbonyl (C=O) groups excluding carboxylic acids is 1. The van der Waals surface area contributed by atoms with Crippen molar-refractivity contribution in [2.45, 2.75) is 19.3 Å². The third-order valence-corrected chi connectivity index (χ3v) is 3.52. The normalized spacial score (nSPS) is 15.2. The molecule has 0 heterocycles. The predicted molar refractivity (Wildman–Crippen MR) is 73.0 cm³/mol. The molecule has 2 N–H and O–H groups in total. The summed E-state index contributed by atoms with van der Waals surface area (Å²) < 4.78 is 5.19. The molecular weight excluding hydrogens is 256 g/mol. The lowest BCUT2D eigenvalue weighted by Crippen LogP contribution is -2.32. The van der Waals surface area contributed by atoms with Crippen molar-refractivity contribution in [3.63, 3.8) is 0 Å². The fourth-order valence-corrected chi connectivity index (χ4v) is 1.96. The maximum atomic E-state index is 11.8. The van der Waals surface area contributed by atoms with E-state index in [0.29, 0.717) is 12.3 Å². The van der Waals surface area contributed by atoms with E-state index < -0.39 is 0 Å². The fraction of sp³-hybridized carbons (Fsp3) is 0.467. The number of nitrogens with one attached hydrogen (secondary N) is 1. The Hall–Kier alpha value is -2.06. The second-order valence-corrected chi connectivity index (χ2v) is 5.21. The molecule has 0 radical (unpaired) electrons. The Bertz CT molecular complexity index is 518. The van der Waals surface area contributed by atoms with Gasteiger partial charge in [0.2, 0.25) is 5.91 Å². The van der Waals surface area contributed by atoms with Crippen molar-refractivity contribution in [3.05, 3.63) is 29.8 Å². The second kappa shape index (κ2) is 6.40. The van der Waals surface area contributed by atoms with Gasteiger partial charge in [-0.3, -0.25) is 4.79 Å². The lowest BCUT2D eigenvalue weighted by molar-refractivity contribution is -0.120. The summed E-state index contributed by atoms with van der Waals surface area (Å²) in [6.45, 7) is 0.659. The number of hydrogen-bond acceptors (Lipinski definition) is 4. The van der Waals surface area contributed by atoms with Crippen molar-refractivity contribution in [1.29, 1.82) is 5.26 Å². The van der Waals surface area contributed by atoms with E-state index in [0.717, 1.165) is 18.4 Å². The molecule has 0 bridgehead atoms. The summed E-state index contributed by atoms with van der Waals surface area (Å²) >= 11 is 0. The molecule has 0 spiro atoms. The van der Waals surface area contributed by atoms with E-state index >= 15 is 0 Å². The van der Waals surface area contributed by atoms with E-state index in [1.807, 2.05) is 12.1 Å². The Morgan fingerprint density at radius 1 is 1.50 bits per heavy atom. The highest BCUT2D eigenvalue weighted by atomic mass is 16.5. The van der Waals surface area contributed by atoms with Crippen LogP contribution in [0.1, 0.15) is 18.4 Å². The minimum absolute atomic E-state index is 0.00529. The highest BCUT2D eigenvalue weighted by Gasteiger charge is 2.41. The number of hydrogen-bond donors (Lipinski definition) is 2. The molecule has 1 aromatic carbocycles. The minimum atomic E-state index is -0.0760. The van der Waals surface area contributed by atoms with Crippen molar-refractivity contribution < 1.29 is 14.6 Å². The summed E-state index contributed by atoms with van der Waals surface area (Å²) in [5.74, 6) is 0.521. The summed E-state index contributed by atoms with van der Waals surface area (Å²) in [5, 5.41) is 20.5. The maximum Gasteiger partial charge on any atom is 0.224 e. The Morgan fingerprint density at radius 2 is 2.30 bits per heavy atom. The molecule has 5 heteroatoms. The molecule has 1 fully saturated rings. The number of nitriles is 1. The van der Waals surface area contributed by atoms with E-state index in [1.165, 1.54) is 0 Å². The Morgan fingerprint density at radius 3 is 2.95 bits per heavy atom. The summed E-state index contributed by atoms with van der Waals surface area (Å²) in [5.41, 5.74) is 0.764. The average molecular weight is 274 g/mol. The van der Waals surface area contributed by atoms with Crippen LogP contribution in [-0.4, -0.2) is 30.8 Å². The zero-order valence-corrected chi connectivity index (χ0v) is 11.3. The SMILES string of the molecule is N#CCOc1cccc(CC(=O)NCC2(CO)CC2)c1. The van der Waals surface area contributed by atoms with Crippen LogP contribution in [-0.2, 0) is 11.2 Å². The molecule has 106 valence electrons. The average Bonchev–Trinajstić information content (AvgIpc) is 3.24. The third kappa shape index (κ3) is 3.97. The smallest absolute Gasteiger partial charge is 0.224 e. The van der Waals surface area contributed by atoms with Crippen molar-refractivity contribution in [1.82, 2.24) is 5.32 Å². The molecule has 1 amide bonds. The van der Waals surface area contributed by atoms with E-state index in [2.05, 4.69) is 5.32 Å². The van der Waals surface area contributed by atoms with Crippen LogP contribution < -0.4 is 10.1 Å². The molecule has 1 aliphatic carbocycles. The first-order valence-electron chi connectivity index (χ1n) is 6.64. The largest absolute Gasteiger partial charge is 0.479 e. The molecule has 1 saturated carbocycles. The first kappa shape index (κ1) is 14.4. The van der Waals surface area contributed by atoms with Crippen LogP contribution in [0.15, 0.2) is 24.3 Å². The summed E-state index contributed by atoms with van der Waals surface area (Å²) in [7, 11) is 0. The molecule has 1 aromatic rings. The highest BCUT2D eigenvalue weighted by Crippen LogP contribution is 2.44. The van der Waals surface area contributed by atoms with Gasteiger partial charge in [-0.2, -0.15) is 5.26 Å². The van der Waals surface area contributed by atoms with Gasteiger partial charge in [0.15, 0.2) is 6.61 Å². The van der Waals surface area contributed by atoms with E-state index in [9.17, 15) is 9.90 Å². The number of amides is 1. The van der Waals surface area contributed by atoms with Gasteiger partial charge < -0.3 is 15.2 Å². The second-order valence-electron chi connectivity index (χ2n) is 5.21. The van der Waals surface area contributed by atoms with Crippen LogP contribution in [0.3, 0.4) is 0 Å². The van der Waals surface area contributed by atoms with Crippen molar-refractivity contribution in [2.24, 2.45) is 5.41 Å². The van der Waals surface area contributed by atoms with Gasteiger partial charge in [0, 0.05) is 12.0 Å². The van der Waals surface area contributed by atoms with Crippen LogP contribution in [0.4, 0.5) is 0 Å². The number of carbonyl (C=O) groups is 1. The Kier molecular flexibility index (Phi) is 4.59. The number of aliphatic hydroxyl groups is 1. The summed E-state index contributed by atoms with van der Waals surface area (Å²) in [6, 6.07) is 9.06. The molecule has 0 saturated heterocycles. The number of nitrogens with zero attached hydrogens (tertiary/aromatic N) is 1. The molecule has 2 rings (SSSR count). The van der Waals surface area contributed by atoms with Crippen molar-refractivity contribution >= 4 is 5.91 Å². The number of ether oxygens (including phenoxy) is 1. The molecule has 0 unspecified atom stereocenters. The number of aliphatic hydroxyl groups excluding tert-OH is 1. The van der Waals surface area contributed by atoms with E-state index in [4.69, 9.17) is 10.00 Å². The molecular formula is C15H18N2O3. The molecule has 0 aliphatic heterocycles. The summed E-state index contributed by atoms with van der Waals surface area (Å²) in [4.78, 5) is 11.8. The molecule has 20 heavy (non-hydrogen) atoms. The standard InChI is InChI=1S/C15H18N2O3/c16-6-7-20-13-3-1-2-12(8-13)9-14(19)17-10-15(11-18)4-5-15/h1-3,8,18H,4-5,7,9-11H2,(H,17,19). The lowest BCUT2D eigenvalue weighted by atomic mass is 10.1. The van der Waals surface area contributed by atoms with E-state index in [-0.39, 0.29) is 31.0 Å². The van der Waals surface area contributed by atoms with Gasteiger partial charge in [-0.25, -0.2) is 0 Å². The van der Waals surface area contributed by atoms with Gasteiger partial charge in [-0.05, 0) is 30.5 Å². The van der Waals surface area contributed by atoms with Crippen LogP contribution in [0.25, 0.3) is 0 Å². The van der Waals surface area contributed by atoms with Crippen molar-refractivity contribution in [3.8, 4) is 11.8 Å². The zero-order chi connectivity index (χ0) is 14.4. The molecule has 0 aromatic heterocycles. The Balaban J connectivity index is 1.83. The molecule has 0 atom stereocenters. The van der Waals surface area contributed by atoms with Crippen LogP contribution in [0.2, 0.25) is 0 Å². The predicted octanol–water partition coefficient (Wildman–Crippen LogP) is 1.02. The van der Waals surface area contributed by atoms with Gasteiger partial charge in [0.05, 0.1) is 13.0 Å².